The van der Waals surface area contributed by atoms with Gasteiger partial charge in [0.15, 0.2) is 0 Å². The van der Waals surface area contributed by atoms with Crippen molar-refractivity contribution in [3.05, 3.63) is 532 Å². The van der Waals surface area contributed by atoms with Crippen molar-refractivity contribution in [1.82, 2.24) is 0 Å². The van der Waals surface area contributed by atoms with Crippen LogP contribution < -0.4 is 19.6 Å². The fraction of sp³-hybridized carbons (Fsp3) is 0.155. The number of hydrogen-bond donors (Lipinski definition) is 0. The van der Waals surface area contributed by atoms with Crippen LogP contribution in [0.1, 0.15) is 99.3 Å². The summed E-state index contributed by atoms with van der Waals surface area (Å²) < 4.78 is 0. The zero-order valence-corrected chi connectivity index (χ0v) is 83.2. The maximum atomic E-state index is 2.47. The van der Waals surface area contributed by atoms with Crippen molar-refractivity contribution in [3.8, 4) is 111 Å². The van der Waals surface area contributed by atoms with E-state index in [1.54, 1.807) is 11.1 Å². The molecular formula is C142H120N4. The van der Waals surface area contributed by atoms with Crippen molar-refractivity contribution in [2.75, 3.05) is 19.6 Å². The van der Waals surface area contributed by atoms with E-state index in [4.69, 9.17) is 0 Å². The SMILES string of the molecule is Cc1ccc(N(c2ccc(C)cc2)c2cccc(-c3ccc(-c4ccc(N(c5ccc(-c6ccccc6)cc5)c5ccc(-c6ccc(C78CC9CC(CC(C9)C7)C8)cc6)cc5)cc4)cc3)c2)cc1.c1ccc(-c2ccc(N(c3ccc(-c4ccc(N(c5ccc(-c6ccccc6)cc5)c5ccc(-c6ccccc6)c(-c6ccccc6)c5)cc4)cc3)c3ccc(-c4ccc(C56CC7CC(CC(C7)C5)C6)cc4)cc3)cc2)cc1. The lowest BCUT2D eigenvalue weighted by Gasteiger charge is -2.57. The summed E-state index contributed by atoms with van der Waals surface area (Å²) >= 11 is 0. The number of nitrogens with zero attached hydrogens (tertiary/aromatic N) is 4. The van der Waals surface area contributed by atoms with Crippen molar-refractivity contribution in [1.29, 1.82) is 0 Å². The van der Waals surface area contributed by atoms with Crippen molar-refractivity contribution in [3.63, 3.8) is 0 Å². The van der Waals surface area contributed by atoms with Gasteiger partial charge in [0.2, 0.25) is 0 Å². The fourth-order valence-corrected chi connectivity index (χ4v) is 26.5. The first kappa shape index (κ1) is 90.8. The molecule has 4 nitrogen and oxygen atoms in total. The summed E-state index contributed by atoms with van der Waals surface area (Å²) in [5, 5.41) is 0. The van der Waals surface area contributed by atoms with Gasteiger partial charge in [0.1, 0.15) is 0 Å². The van der Waals surface area contributed by atoms with E-state index >= 15 is 0 Å². The summed E-state index contributed by atoms with van der Waals surface area (Å²) in [6.07, 6.45) is 17.3. The molecule has 0 amide bonds. The Morgan fingerprint density at radius 1 is 0.144 bits per heavy atom. The third-order valence-corrected chi connectivity index (χ3v) is 33.1. The van der Waals surface area contributed by atoms with Crippen LogP contribution in [-0.4, -0.2) is 0 Å². The maximum Gasteiger partial charge on any atom is 0.0468 e. The lowest BCUT2D eigenvalue weighted by Crippen LogP contribution is -2.48. The Kier molecular flexibility index (Phi) is 24.7. The first-order valence-electron chi connectivity index (χ1n) is 52.9. The Morgan fingerprint density at radius 3 is 0.575 bits per heavy atom. The van der Waals surface area contributed by atoms with Crippen LogP contribution >= 0.6 is 0 Å². The van der Waals surface area contributed by atoms with Gasteiger partial charge in [-0.05, 0) is 405 Å². The molecule has 0 aromatic heterocycles. The minimum Gasteiger partial charge on any atom is -0.311 e. The van der Waals surface area contributed by atoms with Crippen LogP contribution in [0.15, 0.2) is 510 Å². The molecule has 4 heteroatoms. The zero-order chi connectivity index (χ0) is 97.4. The van der Waals surface area contributed by atoms with Crippen LogP contribution in [0.3, 0.4) is 0 Å². The smallest absolute Gasteiger partial charge is 0.0468 e. The van der Waals surface area contributed by atoms with E-state index in [-0.39, 0.29) is 0 Å². The average Bonchev–Trinajstić information content (AvgIpc) is 0.734. The molecule has 0 spiro atoms. The minimum absolute atomic E-state index is 0.412. The third-order valence-electron chi connectivity index (χ3n) is 33.1. The average molecular weight is 1880 g/mol. The second kappa shape index (κ2) is 39.7. The Balaban J connectivity index is 0.000000154. The van der Waals surface area contributed by atoms with Crippen LogP contribution in [0.25, 0.3) is 111 Å². The molecule has 0 atom stereocenters. The fourth-order valence-electron chi connectivity index (χ4n) is 26.5. The Labute approximate surface area is 862 Å². The van der Waals surface area contributed by atoms with Crippen LogP contribution in [0.4, 0.5) is 68.2 Å². The highest BCUT2D eigenvalue weighted by molar-refractivity contribution is 5.92. The Hall–Kier alpha value is -16.4. The number of hydrogen-bond acceptors (Lipinski definition) is 4. The number of benzene rings is 20. The molecule has 0 N–H and O–H groups in total. The lowest BCUT2D eigenvalue weighted by molar-refractivity contribution is -0.00530. The molecule has 708 valence electrons. The summed E-state index contributed by atoms with van der Waals surface area (Å²) in [5.41, 5.74) is 44.1. The summed E-state index contributed by atoms with van der Waals surface area (Å²) in [5.74, 6) is 5.70. The van der Waals surface area contributed by atoms with Gasteiger partial charge in [-0.15, -0.1) is 0 Å². The molecule has 8 saturated carbocycles. The summed E-state index contributed by atoms with van der Waals surface area (Å²) in [6, 6.07) is 188. The molecule has 0 heterocycles. The van der Waals surface area contributed by atoms with Gasteiger partial charge in [0.25, 0.3) is 0 Å². The molecule has 0 unspecified atom stereocenters. The third kappa shape index (κ3) is 18.7. The summed E-state index contributed by atoms with van der Waals surface area (Å²) in [7, 11) is 0. The summed E-state index contributed by atoms with van der Waals surface area (Å²) in [4.78, 5) is 9.49. The molecular weight excluding hydrogens is 1760 g/mol. The molecule has 0 radical (unpaired) electrons. The summed E-state index contributed by atoms with van der Waals surface area (Å²) in [6.45, 7) is 4.28. The van der Waals surface area contributed by atoms with E-state index < -0.39 is 0 Å². The normalized spacial score (nSPS) is 18.6. The Morgan fingerprint density at radius 2 is 0.322 bits per heavy atom. The molecule has 8 bridgehead atoms. The van der Waals surface area contributed by atoms with E-state index in [9.17, 15) is 0 Å². The number of rotatable bonds is 24. The monoisotopic (exact) mass is 1880 g/mol. The quantitative estimate of drug-likeness (QED) is 0.0598. The molecule has 20 aromatic rings. The number of aryl methyl sites for hydroxylation is 2. The molecule has 28 rings (SSSR count). The van der Waals surface area contributed by atoms with Gasteiger partial charge in [0, 0.05) is 68.2 Å². The first-order chi connectivity index (χ1) is 71.9. The molecule has 8 fully saturated rings. The molecule has 20 aromatic carbocycles. The van der Waals surface area contributed by atoms with Crippen LogP contribution in [-0.2, 0) is 10.8 Å². The Bertz CT molecular complexity index is 7780. The maximum absolute atomic E-state index is 2.47. The highest BCUT2D eigenvalue weighted by Crippen LogP contribution is 2.63. The predicted octanol–water partition coefficient (Wildman–Crippen LogP) is 39.5. The van der Waals surface area contributed by atoms with E-state index in [2.05, 4.69) is 543 Å². The number of anilines is 12. The van der Waals surface area contributed by atoms with Gasteiger partial charge < -0.3 is 19.6 Å². The predicted molar refractivity (Wildman–Crippen MR) is 615 cm³/mol. The van der Waals surface area contributed by atoms with E-state index in [0.29, 0.717) is 10.8 Å². The van der Waals surface area contributed by atoms with Crippen molar-refractivity contribution >= 4 is 68.2 Å². The second-order valence-corrected chi connectivity index (χ2v) is 42.6. The van der Waals surface area contributed by atoms with Crippen molar-refractivity contribution in [2.24, 2.45) is 35.5 Å². The highest BCUT2D eigenvalue weighted by Gasteiger charge is 2.53. The molecule has 146 heavy (non-hydrogen) atoms. The van der Waals surface area contributed by atoms with Gasteiger partial charge in [-0.2, -0.15) is 0 Å². The molecule has 8 aliphatic rings. The van der Waals surface area contributed by atoms with Crippen LogP contribution in [0, 0.1) is 49.4 Å². The largest absolute Gasteiger partial charge is 0.311 e. The van der Waals surface area contributed by atoms with Crippen molar-refractivity contribution < 1.29 is 0 Å². The van der Waals surface area contributed by atoms with Gasteiger partial charge in [0.05, 0.1) is 0 Å². The first-order valence-corrected chi connectivity index (χ1v) is 52.9. The van der Waals surface area contributed by atoms with Crippen molar-refractivity contribution in [2.45, 2.75) is 102 Å². The molecule has 0 saturated heterocycles. The van der Waals surface area contributed by atoms with E-state index in [0.717, 1.165) is 115 Å². The van der Waals surface area contributed by atoms with E-state index in [1.165, 1.54) is 188 Å². The van der Waals surface area contributed by atoms with E-state index in [1.807, 2.05) is 0 Å². The molecule has 8 aliphatic carbocycles. The van der Waals surface area contributed by atoms with Gasteiger partial charge in [-0.1, -0.05) is 375 Å². The van der Waals surface area contributed by atoms with Gasteiger partial charge >= 0.3 is 0 Å². The standard InChI is InChI=1S/C76H62N2.C66H58N2/c1-5-13-57(14-6-1)60-23-35-68(36-24-60)77(69-37-27-62(28-38-69)59-21-33-67(34-22-59)76-51-54-47-55(52-76)49-56(48-54)53-76)70-39-29-63(30-40-70)64-31-43-72(44-32-64)78(71-41-25-61(26-42-71)58-15-7-2-8-16-58)73-45-46-74(65-17-9-3-10-18-65)75(50-73)66-19-11-4-12-20-66;1-46-11-29-60(30-12-46)68(61-31-13-47(2)14-32-61)65-10-6-9-58(42-65)57-17-15-52(16-18-57)55-23-35-63(36-24-55)67(62-33-21-54(22-34-62)51-7-4-3-5-8-51)64-37-25-56(26-38-64)53-19-27-59(28-20-53)66-43-48-39-49(44-66)41-50(40-48)45-66/h1-46,50,54-56H,47-49,51-53H2;3-38,42,48-50H,39-41,43-45H2,1-2H3. The molecule has 0 aliphatic heterocycles. The second-order valence-electron chi connectivity index (χ2n) is 42.6. The van der Waals surface area contributed by atoms with Crippen LogP contribution in [0.2, 0.25) is 0 Å². The van der Waals surface area contributed by atoms with Gasteiger partial charge in [-0.3, -0.25) is 0 Å². The lowest BCUT2D eigenvalue weighted by atomic mass is 9.48. The highest BCUT2D eigenvalue weighted by atomic mass is 15.2. The van der Waals surface area contributed by atoms with Crippen LogP contribution in [0.5, 0.6) is 0 Å². The van der Waals surface area contributed by atoms with Gasteiger partial charge in [-0.25, -0.2) is 0 Å². The zero-order valence-electron chi connectivity index (χ0n) is 83.2. The topological polar surface area (TPSA) is 13.0 Å². The minimum atomic E-state index is 0.412.